The molecule has 1 aliphatic rings. The molecule has 1 aromatic carbocycles. The van der Waals surface area contributed by atoms with E-state index in [1.807, 2.05) is 19.1 Å². The normalized spacial score (nSPS) is 21.3. The van der Waals surface area contributed by atoms with Gasteiger partial charge in [0.15, 0.2) is 0 Å². The fourth-order valence-corrected chi connectivity index (χ4v) is 2.63. The molecule has 1 unspecified atom stereocenters. The number of methoxy groups -OCH3 is 1. The van der Waals surface area contributed by atoms with Gasteiger partial charge in [-0.2, -0.15) is 0 Å². The van der Waals surface area contributed by atoms with Crippen LogP contribution < -0.4 is 15.4 Å². The van der Waals surface area contributed by atoms with Crippen molar-refractivity contribution in [2.24, 2.45) is 5.41 Å². The summed E-state index contributed by atoms with van der Waals surface area (Å²) in [5.41, 5.74) is 1.84. The number of rotatable bonds is 4. The molecule has 1 saturated heterocycles. The topological polar surface area (TPSA) is 50.4 Å². The van der Waals surface area contributed by atoms with Gasteiger partial charge < -0.3 is 15.4 Å². The number of carbonyl (C=O) groups is 1. The Hall–Kier alpha value is -1.26. The summed E-state index contributed by atoms with van der Waals surface area (Å²) < 4.78 is 5.26. The van der Waals surface area contributed by atoms with Crippen LogP contribution in [0.3, 0.4) is 0 Å². The molecule has 0 aromatic heterocycles. The Labute approximate surface area is 133 Å². The van der Waals surface area contributed by atoms with Crippen molar-refractivity contribution < 1.29 is 9.53 Å². The third kappa shape index (κ3) is 4.61. The second-order valence-corrected chi connectivity index (χ2v) is 5.96. The van der Waals surface area contributed by atoms with Crippen LogP contribution in [0.25, 0.3) is 0 Å². The van der Waals surface area contributed by atoms with Crippen molar-refractivity contribution in [3.8, 4) is 5.75 Å². The number of aryl methyl sites for hydroxylation is 1. The number of halogens is 1. The van der Waals surface area contributed by atoms with E-state index in [1.54, 1.807) is 13.2 Å². The van der Waals surface area contributed by atoms with E-state index >= 15 is 0 Å². The summed E-state index contributed by atoms with van der Waals surface area (Å²) in [4.78, 5) is 12.2. The smallest absolute Gasteiger partial charge is 0.251 e. The van der Waals surface area contributed by atoms with Gasteiger partial charge in [-0.3, -0.25) is 4.79 Å². The third-order valence-electron chi connectivity index (χ3n) is 4.03. The largest absolute Gasteiger partial charge is 0.496 e. The molecular weight excluding hydrogens is 288 g/mol. The van der Waals surface area contributed by atoms with Crippen LogP contribution in [0.5, 0.6) is 5.75 Å². The second kappa shape index (κ2) is 7.66. The van der Waals surface area contributed by atoms with Gasteiger partial charge in [0.2, 0.25) is 0 Å². The number of nitrogens with one attached hydrogen (secondary N) is 2. The Morgan fingerprint density at radius 2 is 2.24 bits per heavy atom. The molecule has 2 N–H and O–H groups in total. The Bertz CT molecular complexity index is 485. The molecule has 0 saturated carbocycles. The number of hydrogen-bond acceptors (Lipinski definition) is 3. The molecular formula is C16H25ClN2O2. The fourth-order valence-electron chi connectivity index (χ4n) is 2.63. The van der Waals surface area contributed by atoms with Crippen molar-refractivity contribution in [1.82, 2.24) is 10.6 Å². The third-order valence-corrected chi connectivity index (χ3v) is 4.03. The molecule has 1 fully saturated rings. The van der Waals surface area contributed by atoms with E-state index in [9.17, 15) is 4.79 Å². The van der Waals surface area contributed by atoms with Gasteiger partial charge in [0.05, 0.1) is 7.11 Å². The maximum absolute atomic E-state index is 12.2. The maximum atomic E-state index is 12.2. The Morgan fingerprint density at radius 3 is 2.86 bits per heavy atom. The van der Waals surface area contributed by atoms with Crippen LogP contribution in [0.15, 0.2) is 18.2 Å². The molecule has 1 heterocycles. The minimum atomic E-state index is -0.0323. The first kappa shape index (κ1) is 17.8. The Balaban J connectivity index is 0.00000220. The maximum Gasteiger partial charge on any atom is 0.251 e. The average molecular weight is 313 g/mol. The lowest BCUT2D eigenvalue weighted by Crippen LogP contribution is -2.45. The lowest BCUT2D eigenvalue weighted by atomic mass is 9.83. The van der Waals surface area contributed by atoms with Crippen LogP contribution in [-0.2, 0) is 0 Å². The highest BCUT2D eigenvalue weighted by Gasteiger charge is 2.27. The molecule has 0 spiro atoms. The molecule has 1 aliphatic heterocycles. The van der Waals surface area contributed by atoms with E-state index in [-0.39, 0.29) is 23.7 Å². The Morgan fingerprint density at radius 1 is 1.48 bits per heavy atom. The summed E-state index contributed by atoms with van der Waals surface area (Å²) in [5.74, 6) is 0.721. The van der Waals surface area contributed by atoms with E-state index < -0.39 is 0 Å². The van der Waals surface area contributed by atoms with Gasteiger partial charge in [0.25, 0.3) is 5.91 Å². The zero-order valence-electron chi connectivity index (χ0n) is 13.0. The van der Waals surface area contributed by atoms with Gasteiger partial charge in [-0.25, -0.2) is 0 Å². The van der Waals surface area contributed by atoms with E-state index in [0.717, 1.165) is 30.8 Å². The van der Waals surface area contributed by atoms with E-state index in [0.29, 0.717) is 12.1 Å². The summed E-state index contributed by atoms with van der Waals surface area (Å²) in [6.07, 6.45) is 2.32. The highest BCUT2D eigenvalue weighted by atomic mass is 35.5. The number of ether oxygens (including phenoxy) is 1. The van der Waals surface area contributed by atoms with Gasteiger partial charge in [-0.15, -0.1) is 12.4 Å². The minimum Gasteiger partial charge on any atom is -0.496 e. The highest BCUT2D eigenvalue weighted by Crippen LogP contribution is 2.24. The first-order valence-electron chi connectivity index (χ1n) is 7.18. The first-order chi connectivity index (χ1) is 9.54. The van der Waals surface area contributed by atoms with Crippen LogP contribution in [0.4, 0.5) is 0 Å². The monoisotopic (exact) mass is 312 g/mol. The zero-order chi connectivity index (χ0) is 14.6. The van der Waals surface area contributed by atoms with Gasteiger partial charge in [-0.05, 0) is 49.4 Å². The van der Waals surface area contributed by atoms with Crippen molar-refractivity contribution in [3.05, 3.63) is 29.3 Å². The lowest BCUT2D eigenvalue weighted by molar-refractivity contribution is 0.0924. The summed E-state index contributed by atoms with van der Waals surface area (Å²) in [7, 11) is 1.62. The molecule has 0 bridgehead atoms. The molecule has 0 radical (unpaired) electrons. The molecule has 4 nitrogen and oxygen atoms in total. The van der Waals surface area contributed by atoms with Crippen molar-refractivity contribution in [2.75, 3.05) is 26.7 Å². The molecule has 0 aliphatic carbocycles. The summed E-state index contributed by atoms with van der Waals surface area (Å²) in [5, 5.41) is 6.44. The Kier molecular flexibility index (Phi) is 6.49. The molecule has 2 rings (SSSR count). The number of benzene rings is 1. The summed E-state index contributed by atoms with van der Waals surface area (Å²) in [6.45, 7) is 6.93. The molecule has 118 valence electrons. The summed E-state index contributed by atoms with van der Waals surface area (Å²) >= 11 is 0. The molecule has 1 aromatic rings. The SMILES string of the molecule is COc1cc(C(=O)NCC2(C)CCCNC2)ccc1C.Cl. The van der Waals surface area contributed by atoms with E-state index in [4.69, 9.17) is 4.74 Å². The quantitative estimate of drug-likeness (QED) is 0.898. The number of hydrogen-bond donors (Lipinski definition) is 2. The fraction of sp³-hybridized carbons (Fsp3) is 0.562. The molecule has 1 atom stereocenters. The van der Waals surface area contributed by atoms with Crippen LogP contribution >= 0.6 is 12.4 Å². The second-order valence-electron chi connectivity index (χ2n) is 5.96. The highest BCUT2D eigenvalue weighted by molar-refractivity contribution is 5.94. The number of carbonyl (C=O) groups excluding carboxylic acids is 1. The van der Waals surface area contributed by atoms with Crippen molar-refractivity contribution >= 4 is 18.3 Å². The molecule has 1 amide bonds. The standard InChI is InChI=1S/C16H24N2O2.ClH/c1-12-5-6-13(9-14(12)20-3)15(19)18-11-16(2)7-4-8-17-10-16;/h5-6,9,17H,4,7-8,10-11H2,1-3H3,(H,18,19);1H. The van der Waals surface area contributed by atoms with E-state index in [2.05, 4.69) is 17.6 Å². The van der Waals surface area contributed by atoms with Crippen LogP contribution in [0.1, 0.15) is 35.7 Å². The van der Waals surface area contributed by atoms with Gasteiger partial charge >= 0.3 is 0 Å². The van der Waals surface area contributed by atoms with Crippen molar-refractivity contribution in [1.29, 1.82) is 0 Å². The van der Waals surface area contributed by atoms with Gasteiger partial charge in [0, 0.05) is 18.7 Å². The molecule has 21 heavy (non-hydrogen) atoms. The number of piperidine rings is 1. The van der Waals surface area contributed by atoms with Crippen molar-refractivity contribution in [2.45, 2.75) is 26.7 Å². The van der Waals surface area contributed by atoms with Gasteiger partial charge in [0.1, 0.15) is 5.75 Å². The predicted molar refractivity (Wildman–Crippen MR) is 87.5 cm³/mol. The van der Waals surface area contributed by atoms with Crippen LogP contribution in [0, 0.1) is 12.3 Å². The van der Waals surface area contributed by atoms with Crippen LogP contribution in [0.2, 0.25) is 0 Å². The van der Waals surface area contributed by atoms with Crippen LogP contribution in [-0.4, -0.2) is 32.7 Å². The van der Waals surface area contributed by atoms with Crippen molar-refractivity contribution in [3.63, 3.8) is 0 Å². The zero-order valence-corrected chi connectivity index (χ0v) is 13.8. The predicted octanol–water partition coefficient (Wildman–Crippen LogP) is 2.54. The lowest BCUT2D eigenvalue weighted by Gasteiger charge is -2.34. The average Bonchev–Trinajstić information content (AvgIpc) is 2.46. The first-order valence-corrected chi connectivity index (χ1v) is 7.18. The number of amides is 1. The minimum absolute atomic E-state index is 0. The van der Waals surface area contributed by atoms with E-state index in [1.165, 1.54) is 6.42 Å². The van der Waals surface area contributed by atoms with Gasteiger partial charge in [-0.1, -0.05) is 13.0 Å². The summed E-state index contributed by atoms with van der Waals surface area (Å²) in [6, 6.07) is 5.55. The molecule has 5 heteroatoms.